The van der Waals surface area contributed by atoms with E-state index in [1.54, 1.807) is 29.9 Å². The van der Waals surface area contributed by atoms with Gasteiger partial charge in [-0.15, -0.1) is 0 Å². The van der Waals surface area contributed by atoms with Gasteiger partial charge >= 0.3 is 0 Å². The summed E-state index contributed by atoms with van der Waals surface area (Å²) in [6.45, 7) is 2.21. The lowest BCUT2D eigenvalue weighted by molar-refractivity contribution is -0.115. The van der Waals surface area contributed by atoms with Crippen molar-refractivity contribution in [1.29, 1.82) is 0 Å². The van der Waals surface area contributed by atoms with Gasteiger partial charge in [0.05, 0.1) is 6.54 Å². The number of carbonyl (C=O) groups excluding carboxylic acids is 1. The molecule has 0 bridgehead atoms. The van der Waals surface area contributed by atoms with E-state index in [9.17, 15) is 9.18 Å². The van der Waals surface area contributed by atoms with Gasteiger partial charge in [-0.25, -0.2) is 4.39 Å². The molecule has 0 saturated heterocycles. The molecule has 19 heavy (non-hydrogen) atoms. The number of halogens is 2. The Bertz CT molecular complexity index is 580. The van der Waals surface area contributed by atoms with Crippen LogP contribution in [0.5, 0.6) is 0 Å². The van der Waals surface area contributed by atoms with E-state index < -0.39 is 0 Å². The van der Waals surface area contributed by atoms with Gasteiger partial charge in [-0.3, -0.25) is 9.48 Å². The fourth-order valence-electron chi connectivity index (χ4n) is 1.56. The highest BCUT2D eigenvalue weighted by Gasteiger charge is 2.09. The minimum atomic E-state index is -0.279. The normalized spacial score (nSPS) is 10.5. The zero-order valence-corrected chi connectivity index (χ0v) is 11.1. The predicted molar refractivity (Wildman–Crippen MR) is 71.7 cm³/mol. The predicted octanol–water partition coefficient (Wildman–Crippen LogP) is 3.07. The van der Waals surface area contributed by atoms with Crippen molar-refractivity contribution in [1.82, 2.24) is 9.78 Å². The number of anilines is 1. The molecule has 0 saturated carbocycles. The van der Waals surface area contributed by atoms with Crippen molar-refractivity contribution < 1.29 is 9.18 Å². The van der Waals surface area contributed by atoms with Crippen LogP contribution < -0.4 is 5.32 Å². The fourth-order valence-corrected chi connectivity index (χ4v) is 1.76. The Hall–Kier alpha value is -1.88. The van der Waals surface area contributed by atoms with Crippen LogP contribution in [0.25, 0.3) is 0 Å². The summed E-state index contributed by atoms with van der Waals surface area (Å²) in [5.41, 5.74) is 0.897. The maximum atomic E-state index is 12.8. The van der Waals surface area contributed by atoms with Crippen molar-refractivity contribution in [2.45, 2.75) is 19.9 Å². The molecule has 2 rings (SSSR count). The Morgan fingerprint density at radius 3 is 2.74 bits per heavy atom. The minimum absolute atomic E-state index is 0.145. The van der Waals surface area contributed by atoms with Crippen molar-refractivity contribution in [2.24, 2.45) is 0 Å². The van der Waals surface area contributed by atoms with E-state index in [0.717, 1.165) is 5.56 Å². The average Bonchev–Trinajstić information content (AvgIpc) is 2.72. The van der Waals surface area contributed by atoms with Gasteiger partial charge < -0.3 is 5.32 Å². The average molecular weight is 282 g/mol. The highest BCUT2D eigenvalue weighted by atomic mass is 35.5. The number of benzene rings is 1. The van der Waals surface area contributed by atoms with Gasteiger partial charge in [-0.2, -0.15) is 5.10 Å². The minimum Gasteiger partial charge on any atom is -0.308 e. The SMILES string of the molecule is CCC(=O)Nc1nn(Cc2ccc(F)cc2)cc1Cl. The lowest BCUT2D eigenvalue weighted by Gasteiger charge is -2.02. The summed E-state index contributed by atoms with van der Waals surface area (Å²) in [4.78, 5) is 11.3. The first-order valence-corrected chi connectivity index (χ1v) is 6.23. The molecule has 1 heterocycles. The zero-order valence-electron chi connectivity index (χ0n) is 10.4. The Labute approximate surface area is 115 Å². The maximum Gasteiger partial charge on any atom is 0.225 e. The van der Waals surface area contributed by atoms with Gasteiger partial charge in [-0.05, 0) is 17.7 Å². The number of hydrogen-bond donors (Lipinski definition) is 1. The van der Waals surface area contributed by atoms with Crippen molar-refractivity contribution in [2.75, 3.05) is 5.32 Å². The topological polar surface area (TPSA) is 46.9 Å². The molecule has 0 aliphatic carbocycles. The van der Waals surface area contributed by atoms with Gasteiger partial charge in [0.1, 0.15) is 10.8 Å². The van der Waals surface area contributed by atoms with Crippen molar-refractivity contribution in [3.8, 4) is 0 Å². The second-order valence-electron chi connectivity index (χ2n) is 4.05. The summed E-state index contributed by atoms with van der Waals surface area (Å²) in [5.74, 6) is -0.0808. The monoisotopic (exact) mass is 281 g/mol. The van der Waals surface area contributed by atoms with Crippen LogP contribution in [-0.4, -0.2) is 15.7 Å². The van der Waals surface area contributed by atoms with Crippen LogP contribution >= 0.6 is 11.6 Å². The lowest BCUT2D eigenvalue weighted by atomic mass is 10.2. The van der Waals surface area contributed by atoms with E-state index in [0.29, 0.717) is 23.8 Å². The summed E-state index contributed by atoms with van der Waals surface area (Å²) in [7, 11) is 0. The summed E-state index contributed by atoms with van der Waals surface area (Å²) in [5, 5.41) is 7.17. The molecule has 1 aromatic carbocycles. The first kappa shape index (κ1) is 13.5. The third kappa shape index (κ3) is 3.54. The number of nitrogens with one attached hydrogen (secondary N) is 1. The van der Waals surface area contributed by atoms with Crippen LogP contribution in [0.2, 0.25) is 5.02 Å². The van der Waals surface area contributed by atoms with Crippen LogP contribution in [0.15, 0.2) is 30.5 Å². The highest BCUT2D eigenvalue weighted by molar-refractivity contribution is 6.33. The van der Waals surface area contributed by atoms with Crippen LogP contribution in [-0.2, 0) is 11.3 Å². The molecule has 0 aliphatic rings. The zero-order chi connectivity index (χ0) is 13.8. The van der Waals surface area contributed by atoms with E-state index in [2.05, 4.69) is 10.4 Å². The Kier molecular flexibility index (Phi) is 4.16. The Balaban J connectivity index is 2.11. The molecule has 1 amide bonds. The van der Waals surface area contributed by atoms with Crippen LogP contribution in [0.1, 0.15) is 18.9 Å². The van der Waals surface area contributed by atoms with Gasteiger partial charge in [0.25, 0.3) is 0 Å². The van der Waals surface area contributed by atoms with Gasteiger partial charge in [0.2, 0.25) is 5.91 Å². The molecule has 0 radical (unpaired) electrons. The number of hydrogen-bond acceptors (Lipinski definition) is 2. The molecule has 4 nitrogen and oxygen atoms in total. The van der Waals surface area contributed by atoms with E-state index in [4.69, 9.17) is 11.6 Å². The van der Waals surface area contributed by atoms with E-state index in [1.165, 1.54) is 12.1 Å². The molecule has 2 aromatic rings. The lowest BCUT2D eigenvalue weighted by Crippen LogP contribution is -2.11. The molecule has 0 atom stereocenters. The summed E-state index contributed by atoms with van der Waals surface area (Å²) < 4.78 is 14.4. The Morgan fingerprint density at radius 1 is 1.42 bits per heavy atom. The number of amides is 1. The molecule has 100 valence electrons. The van der Waals surface area contributed by atoms with Crippen molar-refractivity contribution in [3.63, 3.8) is 0 Å². The van der Waals surface area contributed by atoms with Crippen LogP contribution in [0.4, 0.5) is 10.2 Å². The second kappa shape index (κ2) is 5.84. The van der Waals surface area contributed by atoms with E-state index >= 15 is 0 Å². The summed E-state index contributed by atoms with van der Waals surface area (Å²) >= 11 is 5.98. The molecule has 0 fully saturated rings. The van der Waals surface area contributed by atoms with Crippen molar-refractivity contribution in [3.05, 3.63) is 46.9 Å². The first-order valence-electron chi connectivity index (χ1n) is 5.85. The molecule has 1 N–H and O–H groups in total. The molecular formula is C13H13ClFN3O. The Morgan fingerprint density at radius 2 is 2.11 bits per heavy atom. The quantitative estimate of drug-likeness (QED) is 0.936. The third-order valence-corrected chi connectivity index (χ3v) is 2.83. The number of nitrogens with zero attached hydrogens (tertiary/aromatic N) is 2. The van der Waals surface area contributed by atoms with Crippen LogP contribution in [0, 0.1) is 5.82 Å². The first-order chi connectivity index (χ1) is 9.08. The standard InChI is InChI=1S/C13H13ClFN3O/c1-2-12(19)16-13-11(14)8-18(17-13)7-9-3-5-10(15)6-4-9/h3-6,8H,2,7H2,1H3,(H,16,17,19). The summed E-state index contributed by atoms with van der Waals surface area (Å²) in [6, 6.07) is 6.13. The highest BCUT2D eigenvalue weighted by Crippen LogP contribution is 2.20. The van der Waals surface area contributed by atoms with Gasteiger partial charge in [-0.1, -0.05) is 30.7 Å². The third-order valence-electron chi connectivity index (χ3n) is 2.55. The molecular weight excluding hydrogens is 269 g/mol. The van der Waals surface area contributed by atoms with E-state index in [1.807, 2.05) is 0 Å². The number of carbonyl (C=O) groups is 1. The second-order valence-corrected chi connectivity index (χ2v) is 4.46. The molecule has 6 heteroatoms. The molecule has 0 spiro atoms. The molecule has 1 aromatic heterocycles. The van der Waals surface area contributed by atoms with Gasteiger partial charge in [0.15, 0.2) is 5.82 Å². The fraction of sp³-hybridized carbons (Fsp3) is 0.231. The maximum absolute atomic E-state index is 12.8. The van der Waals surface area contributed by atoms with Crippen molar-refractivity contribution >= 4 is 23.3 Å². The van der Waals surface area contributed by atoms with Crippen LogP contribution in [0.3, 0.4) is 0 Å². The largest absolute Gasteiger partial charge is 0.308 e. The van der Waals surface area contributed by atoms with E-state index in [-0.39, 0.29) is 11.7 Å². The van der Waals surface area contributed by atoms with Gasteiger partial charge in [0, 0.05) is 12.6 Å². The number of rotatable bonds is 4. The molecule has 0 unspecified atom stereocenters. The number of aromatic nitrogens is 2. The smallest absolute Gasteiger partial charge is 0.225 e. The summed E-state index contributed by atoms with van der Waals surface area (Å²) in [6.07, 6.45) is 1.98. The molecule has 0 aliphatic heterocycles.